The van der Waals surface area contributed by atoms with E-state index in [0.717, 1.165) is 32.1 Å². The lowest BCUT2D eigenvalue weighted by Gasteiger charge is -2.22. The molecule has 1 aromatic rings. The summed E-state index contributed by atoms with van der Waals surface area (Å²) >= 11 is 0. The smallest absolute Gasteiger partial charge is 0.252 e. The summed E-state index contributed by atoms with van der Waals surface area (Å²) in [4.78, 5) is 15.4. The number of hydrogen-bond acceptors (Lipinski definition) is 3. The molecule has 0 aliphatic carbocycles. The topological polar surface area (TPSA) is 54.0 Å². The van der Waals surface area contributed by atoms with E-state index in [9.17, 15) is 9.18 Å². The molecule has 1 unspecified atom stereocenters. The van der Waals surface area contributed by atoms with Gasteiger partial charge in [0.1, 0.15) is 5.82 Å². The summed E-state index contributed by atoms with van der Waals surface area (Å²) in [7, 11) is 0. The molecule has 1 fully saturated rings. The van der Waals surface area contributed by atoms with Gasteiger partial charge >= 0.3 is 0 Å². The van der Waals surface area contributed by atoms with E-state index in [1.165, 1.54) is 12.3 Å². The van der Waals surface area contributed by atoms with E-state index >= 15 is 0 Å². The zero-order chi connectivity index (χ0) is 12.1. The Balaban J connectivity index is 0.00000162. The minimum atomic E-state index is -0.489. The highest BCUT2D eigenvalue weighted by atomic mass is 35.5. The predicted octanol–water partition coefficient (Wildman–Crippen LogP) is 1.79. The van der Waals surface area contributed by atoms with Gasteiger partial charge in [0.2, 0.25) is 0 Å². The molecule has 1 aromatic heterocycles. The van der Waals surface area contributed by atoms with Gasteiger partial charge in [-0.05, 0) is 37.9 Å². The average molecular weight is 310 g/mol. The summed E-state index contributed by atoms with van der Waals surface area (Å²) in [5, 5.41) is 6.09. The lowest BCUT2D eigenvalue weighted by atomic mass is 10.00. The Hall–Kier alpha value is -0.910. The zero-order valence-electron chi connectivity index (χ0n) is 10.4. The third kappa shape index (κ3) is 5.72. The van der Waals surface area contributed by atoms with E-state index in [4.69, 9.17) is 0 Å². The number of piperidine rings is 1. The number of carbonyl (C=O) groups excluding carboxylic acids is 1. The van der Waals surface area contributed by atoms with Crippen molar-refractivity contribution < 1.29 is 9.18 Å². The molecule has 1 saturated heterocycles. The molecule has 1 aliphatic rings. The van der Waals surface area contributed by atoms with Gasteiger partial charge in [0, 0.05) is 12.7 Å². The van der Waals surface area contributed by atoms with Gasteiger partial charge in [-0.1, -0.05) is 0 Å². The van der Waals surface area contributed by atoms with E-state index in [0.29, 0.717) is 12.5 Å². The maximum Gasteiger partial charge on any atom is 0.252 e. The van der Waals surface area contributed by atoms with Gasteiger partial charge in [-0.2, -0.15) is 0 Å². The summed E-state index contributed by atoms with van der Waals surface area (Å²) in [5.41, 5.74) is 0.272. The van der Waals surface area contributed by atoms with Crippen LogP contribution in [0.25, 0.3) is 0 Å². The van der Waals surface area contributed by atoms with Crippen LogP contribution >= 0.6 is 24.8 Å². The van der Waals surface area contributed by atoms with E-state index in [1.807, 2.05) is 0 Å². The molecular weight excluding hydrogens is 292 g/mol. The molecule has 0 radical (unpaired) electrons. The fourth-order valence-corrected chi connectivity index (χ4v) is 1.97. The molecule has 7 heteroatoms. The largest absolute Gasteiger partial charge is 0.352 e. The molecule has 2 rings (SSSR count). The van der Waals surface area contributed by atoms with Gasteiger partial charge in [-0.3, -0.25) is 9.78 Å². The molecule has 0 aromatic carbocycles. The molecule has 1 amide bonds. The van der Waals surface area contributed by atoms with E-state index in [2.05, 4.69) is 15.6 Å². The molecule has 1 aliphatic heterocycles. The number of amides is 1. The number of aromatic nitrogens is 1. The van der Waals surface area contributed by atoms with Gasteiger partial charge in [-0.25, -0.2) is 4.39 Å². The lowest BCUT2D eigenvalue weighted by Crippen LogP contribution is -2.38. The van der Waals surface area contributed by atoms with Gasteiger partial charge in [-0.15, -0.1) is 24.8 Å². The predicted molar refractivity (Wildman–Crippen MR) is 76.6 cm³/mol. The Morgan fingerprint density at radius 3 is 2.89 bits per heavy atom. The van der Waals surface area contributed by atoms with Crippen LogP contribution in [0.3, 0.4) is 0 Å². The highest BCUT2D eigenvalue weighted by Gasteiger charge is 2.14. The van der Waals surface area contributed by atoms with Crippen LogP contribution in [0.4, 0.5) is 4.39 Å². The molecule has 2 heterocycles. The summed E-state index contributed by atoms with van der Waals surface area (Å²) < 4.78 is 12.9. The number of halogens is 3. The van der Waals surface area contributed by atoms with Crippen LogP contribution in [-0.2, 0) is 0 Å². The molecule has 19 heavy (non-hydrogen) atoms. The SMILES string of the molecule is Cl.Cl.O=C(NCC1CCCNC1)c1cncc(F)c1. The Kier molecular flexibility index (Phi) is 8.63. The quantitative estimate of drug-likeness (QED) is 0.895. The van der Waals surface area contributed by atoms with Crippen molar-refractivity contribution in [2.75, 3.05) is 19.6 Å². The minimum absolute atomic E-state index is 0. The van der Waals surface area contributed by atoms with Crippen LogP contribution in [0.2, 0.25) is 0 Å². The lowest BCUT2D eigenvalue weighted by molar-refractivity contribution is 0.0944. The number of carbonyl (C=O) groups is 1. The first kappa shape index (κ1) is 18.1. The average Bonchev–Trinajstić information content (AvgIpc) is 2.37. The highest BCUT2D eigenvalue weighted by molar-refractivity contribution is 5.93. The van der Waals surface area contributed by atoms with Crippen LogP contribution in [0.1, 0.15) is 23.2 Å². The standard InChI is InChI=1S/C12H16FN3O.2ClH/c13-11-4-10(7-15-8-11)12(17)16-6-9-2-1-3-14-5-9;;/h4,7-9,14H,1-3,5-6H2,(H,16,17);2*1H. The molecular formula is C12H18Cl2FN3O. The molecule has 108 valence electrons. The van der Waals surface area contributed by atoms with Crippen LogP contribution in [-0.4, -0.2) is 30.5 Å². The van der Waals surface area contributed by atoms with Gasteiger partial charge < -0.3 is 10.6 Å². The zero-order valence-corrected chi connectivity index (χ0v) is 12.0. The number of hydrogen-bond donors (Lipinski definition) is 2. The molecule has 0 bridgehead atoms. The number of rotatable bonds is 3. The third-order valence-electron chi connectivity index (χ3n) is 2.92. The van der Waals surface area contributed by atoms with E-state index in [1.54, 1.807) is 0 Å². The monoisotopic (exact) mass is 309 g/mol. The minimum Gasteiger partial charge on any atom is -0.352 e. The number of pyridine rings is 1. The molecule has 0 spiro atoms. The second-order valence-electron chi connectivity index (χ2n) is 4.31. The van der Waals surface area contributed by atoms with E-state index in [-0.39, 0.29) is 36.3 Å². The van der Waals surface area contributed by atoms with Crippen molar-refractivity contribution in [3.63, 3.8) is 0 Å². The fraction of sp³-hybridized carbons (Fsp3) is 0.500. The Morgan fingerprint density at radius 1 is 1.47 bits per heavy atom. The second-order valence-corrected chi connectivity index (χ2v) is 4.31. The van der Waals surface area contributed by atoms with Crippen molar-refractivity contribution in [1.29, 1.82) is 0 Å². The number of nitrogens with one attached hydrogen (secondary N) is 2. The first-order valence-corrected chi connectivity index (χ1v) is 5.85. The van der Waals surface area contributed by atoms with Gasteiger partial charge in [0.15, 0.2) is 0 Å². The van der Waals surface area contributed by atoms with Crippen LogP contribution in [0.15, 0.2) is 18.5 Å². The Bertz CT molecular complexity index is 400. The maximum atomic E-state index is 12.9. The molecule has 0 saturated carbocycles. The fourth-order valence-electron chi connectivity index (χ4n) is 1.97. The van der Waals surface area contributed by atoms with Gasteiger partial charge in [0.25, 0.3) is 5.91 Å². The highest BCUT2D eigenvalue weighted by Crippen LogP contribution is 2.08. The molecule has 1 atom stereocenters. The van der Waals surface area contributed by atoms with Crippen molar-refractivity contribution >= 4 is 30.7 Å². The van der Waals surface area contributed by atoms with Crippen molar-refractivity contribution in [2.24, 2.45) is 5.92 Å². The van der Waals surface area contributed by atoms with Crippen LogP contribution < -0.4 is 10.6 Å². The second kappa shape index (κ2) is 9.07. The number of nitrogens with zero attached hydrogens (tertiary/aromatic N) is 1. The first-order chi connectivity index (χ1) is 8.25. The van der Waals surface area contributed by atoms with Gasteiger partial charge in [0.05, 0.1) is 11.8 Å². The Labute approximate surface area is 124 Å². The summed E-state index contributed by atoms with van der Waals surface area (Å²) in [6.07, 6.45) is 4.72. The molecule has 4 nitrogen and oxygen atoms in total. The third-order valence-corrected chi connectivity index (χ3v) is 2.92. The van der Waals surface area contributed by atoms with E-state index < -0.39 is 5.82 Å². The van der Waals surface area contributed by atoms with Crippen molar-refractivity contribution in [3.05, 3.63) is 29.8 Å². The van der Waals surface area contributed by atoms with Crippen LogP contribution in [0.5, 0.6) is 0 Å². The Morgan fingerprint density at radius 2 is 2.26 bits per heavy atom. The summed E-state index contributed by atoms with van der Waals surface area (Å²) in [5.74, 6) is -0.284. The summed E-state index contributed by atoms with van der Waals surface area (Å²) in [6, 6.07) is 1.20. The normalized spacial score (nSPS) is 17.8. The van der Waals surface area contributed by atoms with Crippen molar-refractivity contribution in [3.8, 4) is 0 Å². The van der Waals surface area contributed by atoms with Crippen molar-refractivity contribution in [1.82, 2.24) is 15.6 Å². The summed E-state index contributed by atoms with van der Waals surface area (Å²) in [6.45, 7) is 2.61. The van der Waals surface area contributed by atoms with Crippen LogP contribution in [0, 0.1) is 11.7 Å². The van der Waals surface area contributed by atoms with Crippen molar-refractivity contribution in [2.45, 2.75) is 12.8 Å². The first-order valence-electron chi connectivity index (χ1n) is 5.85. The maximum absolute atomic E-state index is 12.9. The molecule has 2 N–H and O–H groups in total.